The standard InChI is InChI=1S/C12H12O4/c13-11(12-14-5-6-15-12)10-7-8-3-1-2-4-9(8)16-10/h1-4,7,11-13H,5-6H2/t11-/m1/s1. The van der Waals surface area contributed by atoms with E-state index in [4.69, 9.17) is 13.9 Å². The van der Waals surface area contributed by atoms with Gasteiger partial charge in [-0.25, -0.2) is 0 Å². The van der Waals surface area contributed by atoms with E-state index in [1.807, 2.05) is 30.3 Å². The minimum Gasteiger partial charge on any atom is -0.458 e. The first-order valence-corrected chi connectivity index (χ1v) is 5.24. The molecule has 0 saturated carbocycles. The van der Waals surface area contributed by atoms with Crippen molar-refractivity contribution in [1.82, 2.24) is 0 Å². The topological polar surface area (TPSA) is 51.8 Å². The molecule has 1 atom stereocenters. The fourth-order valence-corrected chi connectivity index (χ4v) is 1.84. The Morgan fingerprint density at radius 1 is 1.19 bits per heavy atom. The SMILES string of the molecule is O[C@H](c1cc2ccccc2o1)C1OCCO1. The molecule has 4 nitrogen and oxygen atoms in total. The van der Waals surface area contributed by atoms with Gasteiger partial charge in [-0.2, -0.15) is 0 Å². The van der Waals surface area contributed by atoms with E-state index < -0.39 is 12.4 Å². The Balaban J connectivity index is 1.92. The molecule has 1 aliphatic rings. The lowest BCUT2D eigenvalue weighted by atomic mass is 10.2. The zero-order valence-corrected chi connectivity index (χ0v) is 8.63. The number of rotatable bonds is 2. The smallest absolute Gasteiger partial charge is 0.190 e. The number of aliphatic hydroxyl groups is 1. The van der Waals surface area contributed by atoms with Crippen LogP contribution in [-0.2, 0) is 9.47 Å². The molecule has 0 radical (unpaired) electrons. The number of ether oxygens (including phenoxy) is 2. The first-order valence-electron chi connectivity index (χ1n) is 5.24. The van der Waals surface area contributed by atoms with Gasteiger partial charge in [-0.3, -0.25) is 0 Å². The molecule has 1 aromatic carbocycles. The van der Waals surface area contributed by atoms with E-state index in [0.29, 0.717) is 19.0 Å². The molecule has 1 aliphatic heterocycles. The third kappa shape index (κ3) is 1.61. The Labute approximate surface area is 92.4 Å². The molecule has 2 heterocycles. The van der Waals surface area contributed by atoms with E-state index in [1.165, 1.54) is 0 Å². The van der Waals surface area contributed by atoms with Gasteiger partial charge in [-0.05, 0) is 12.1 Å². The summed E-state index contributed by atoms with van der Waals surface area (Å²) in [7, 11) is 0. The molecule has 0 amide bonds. The number of benzene rings is 1. The second-order valence-corrected chi connectivity index (χ2v) is 3.74. The van der Waals surface area contributed by atoms with E-state index in [-0.39, 0.29) is 0 Å². The quantitative estimate of drug-likeness (QED) is 0.839. The predicted molar refractivity (Wildman–Crippen MR) is 56.9 cm³/mol. The first-order chi connectivity index (χ1) is 7.84. The van der Waals surface area contributed by atoms with Crippen LogP contribution >= 0.6 is 0 Å². The zero-order chi connectivity index (χ0) is 11.0. The van der Waals surface area contributed by atoms with Crippen molar-refractivity contribution in [3.05, 3.63) is 36.1 Å². The number of para-hydroxylation sites is 1. The Kier molecular flexibility index (Phi) is 2.40. The van der Waals surface area contributed by atoms with Crippen LogP contribution in [0.2, 0.25) is 0 Å². The number of fused-ring (bicyclic) bond motifs is 1. The van der Waals surface area contributed by atoms with Crippen LogP contribution in [0.5, 0.6) is 0 Å². The Morgan fingerprint density at radius 2 is 1.94 bits per heavy atom. The van der Waals surface area contributed by atoms with Crippen LogP contribution in [0.1, 0.15) is 11.9 Å². The van der Waals surface area contributed by atoms with Gasteiger partial charge >= 0.3 is 0 Å². The van der Waals surface area contributed by atoms with Gasteiger partial charge in [0, 0.05) is 5.39 Å². The summed E-state index contributed by atoms with van der Waals surface area (Å²) in [6.45, 7) is 1.03. The Bertz CT molecular complexity index is 451. The van der Waals surface area contributed by atoms with Crippen LogP contribution in [0.3, 0.4) is 0 Å². The summed E-state index contributed by atoms with van der Waals surface area (Å²) >= 11 is 0. The predicted octanol–water partition coefficient (Wildman–Crippen LogP) is 1.84. The number of hydrogen-bond acceptors (Lipinski definition) is 4. The molecule has 0 unspecified atom stereocenters. The highest BCUT2D eigenvalue weighted by molar-refractivity contribution is 5.77. The summed E-state index contributed by atoms with van der Waals surface area (Å²) in [5, 5.41) is 10.9. The van der Waals surface area contributed by atoms with Gasteiger partial charge < -0.3 is 19.0 Å². The van der Waals surface area contributed by atoms with Crippen LogP contribution in [-0.4, -0.2) is 24.6 Å². The highest BCUT2D eigenvalue weighted by atomic mass is 16.7. The van der Waals surface area contributed by atoms with E-state index in [1.54, 1.807) is 0 Å². The highest BCUT2D eigenvalue weighted by Crippen LogP contribution is 2.28. The van der Waals surface area contributed by atoms with Crippen LogP contribution in [0.25, 0.3) is 11.0 Å². The number of aliphatic hydroxyl groups excluding tert-OH is 1. The highest BCUT2D eigenvalue weighted by Gasteiger charge is 2.28. The molecule has 3 rings (SSSR count). The maximum Gasteiger partial charge on any atom is 0.190 e. The van der Waals surface area contributed by atoms with Gasteiger partial charge in [0.15, 0.2) is 12.4 Å². The van der Waals surface area contributed by atoms with Crippen molar-refractivity contribution in [1.29, 1.82) is 0 Å². The summed E-state index contributed by atoms with van der Waals surface area (Å²) in [6.07, 6.45) is -1.48. The van der Waals surface area contributed by atoms with Crippen LogP contribution < -0.4 is 0 Å². The summed E-state index contributed by atoms with van der Waals surface area (Å²) < 4.78 is 16.0. The molecule has 1 saturated heterocycles. The van der Waals surface area contributed by atoms with Crippen LogP contribution in [0, 0.1) is 0 Å². The fourth-order valence-electron chi connectivity index (χ4n) is 1.84. The monoisotopic (exact) mass is 220 g/mol. The number of furan rings is 1. The molecule has 0 spiro atoms. The molecule has 1 aromatic heterocycles. The Hall–Kier alpha value is -1.36. The van der Waals surface area contributed by atoms with Gasteiger partial charge in [0.25, 0.3) is 0 Å². The lowest BCUT2D eigenvalue weighted by Crippen LogP contribution is -2.18. The van der Waals surface area contributed by atoms with Gasteiger partial charge in [-0.1, -0.05) is 18.2 Å². The van der Waals surface area contributed by atoms with E-state index >= 15 is 0 Å². The second kappa shape index (κ2) is 3.90. The molecule has 84 valence electrons. The molecule has 1 fully saturated rings. The molecule has 1 N–H and O–H groups in total. The summed E-state index contributed by atoms with van der Waals surface area (Å²) in [4.78, 5) is 0. The normalized spacial score (nSPS) is 19.3. The molecule has 0 bridgehead atoms. The van der Waals surface area contributed by atoms with E-state index in [9.17, 15) is 5.11 Å². The van der Waals surface area contributed by atoms with Crippen molar-refractivity contribution >= 4 is 11.0 Å². The van der Waals surface area contributed by atoms with Crippen LogP contribution in [0.15, 0.2) is 34.7 Å². The summed E-state index contributed by atoms with van der Waals surface area (Å²) in [5.41, 5.74) is 0.759. The Morgan fingerprint density at radius 3 is 2.69 bits per heavy atom. The molecule has 0 aliphatic carbocycles. The van der Waals surface area contributed by atoms with Crippen molar-refractivity contribution in [3.8, 4) is 0 Å². The molecular formula is C12H12O4. The largest absolute Gasteiger partial charge is 0.458 e. The maximum absolute atomic E-state index is 9.98. The first kappa shape index (κ1) is 9.84. The molecule has 4 heteroatoms. The third-order valence-electron chi connectivity index (χ3n) is 2.64. The average Bonchev–Trinajstić information content (AvgIpc) is 2.97. The molecular weight excluding hydrogens is 208 g/mol. The van der Waals surface area contributed by atoms with Gasteiger partial charge in [0.2, 0.25) is 0 Å². The van der Waals surface area contributed by atoms with Crippen molar-refractivity contribution in [3.63, 3.8) is 0 Å². The van der Waals surface area contributed by atoms with E-state index in [0.717, 1.165) is 11.0 Å². The minimum absolute atomic E-state index is 0.480. The molecule has 16 heavy (non-hydrogen) atoms. The fraction of sp³-hybridized carbons (Fsp3) is 0.333. The average molecular weight is 220 g/mol. The molecule has 2 aromatic rings. The van der Waals surface area contributed by atoms with Gasteiger partial charge in [-0.15, -0.1) is 0 Å². The summed E-state index contributed by atoms with van der Waals surface area (Å²) in [6, 6.07) is 9.43. The minimum atomic E-state index is -0.866. The lowest BCUT2D eigenvalue weighted by molar-refractivity contribution is -0.127. The zero-order valence-electron chi connectivity index (χ0n) is 8.63. The maximum atomic E-state index is 9.98. The van der Waals surface area contributed by atoms with Crippen molar-refractivity contribution in [2.75, 3.05) is 13.2 Å². The van der Waals surface area contributed by atoms with Crippen molar-refractivity contribution < 1.29 is 19.0 Å². The second-order valence-electron chi connectivity index (χ2n) is 3.74. The third-order valence-corrected chi connectivity index (χ3v) is 2.64. The number of hydrogen-bond donors (Lipinski definition) is 1. The lowest BCUT2D eigenvalue weighted by Gasteiger charge is -2.13. The summed E-state index contributed by atoms with van der Waals surface area (Å²) in [5.74, 6) is 0.480. The van der Waals surface area contributed by atoms with Gasteiger partial charge in [0.05, 0.1) is 13.2 Å². The van der Waals surface area contributed by atoms with Crippen molar-refractivity contribution in [2.45, 2.75) is 12.4 Å². The van der Waals surface area contributed by atoms with Crippen LogP contribution in [0.4, 0.5) is 0 Å². The van der Waals surface area contributed by atoms with Gasteiger partial charge in [0.1, 0.15) is 11.3 Å². The van der Waals surface area contributed by atoms with Crippen molar-refractivity contribution in [2.24, 2.45) is 0 Å². The van der Waals surface area contributed by atoms with E-state index in [2.05, 4.69) is 0 Å².